The van der Waals surface area contributed by atoms with Gasteiger partial charge in [0, 0.05) is 11.2 Å². The lowest BCUT2D eigenvalue weighted by Gasteiger charge is -2.01. The maximum atomic E-state index is 11.3. The molecule has 2 aromatic rings. The van der Waals surface area contributed by atoms with E-state index in [1.165, 1.54) is 30.0 Å². The SMILES string of the molecule is CS(=O)(=O)c1ccc(Sc2ccc(S(N)(=O)=O)s2)cc1. The molecule has 0 radical (unpaired) electrons. The third-order valence-electron chi connectivity index (χ3n) is 2.31. The monoisotopic (exact) mass is 349 g/mol. The van der Waals surface area contributed by atoms with Crippen LogP contribution in [0.2, 0.25) is 0 Å². The maximum absolute atomic E-state index is 11.3. The average Bonchev–Trinajstić information content (AvgIpc) is 2.77. The Morgan fingerprint density at radius 2 is 1.60 bits per heavy atom. The largest absolute Gasteiger partial charge is 0.247 e. The van der Waals surface area contributed by atoms with Crippen molar-refractivity contribution in [2.75, 3.05) is 6.26 Å². The smallest absolute Gasteiger partial charge is 0.224 e. The minimum Gasteiger partial charge on any atom is -0.224 e. The summed E-state index contributed by atoms with van der Waals surface area (Å²) in [4.78, 5) is 1.07. The van der Waals surface area contributed by atoms with E-state index in [-0.39, 0.29) is 9.10 Å². The molecule has 0 saturated carbocycles. The molecule has 2 N–H and O–H groups in total. The van der Waals surface area contributed by atoms with Gasteiger partial charge in [0.1, 0.15) is 4.21 Å². The van der Waals surface area contributed by atoms with Gasteiger partial charge in [-0.05, 0) is 36.4 Å². The van der Waals surface area contributed by atoms with Crippen molar-refractivity contribution in [1.82, 2.24) is 0 Å². The van der Waals surface area contributed by atoms with Crippen LogP contribution in [0.4, 0.5) is 0 Å². The zero-order chi connectivity index (χ0) is 15.0. The van der Waals surface area contributed by atoms with Crippen molar-refractivity contribution in [1.29, 1.82) is 0 Å². The molecule has 0 atom stereocenters. The van der Waals surface area contributed by atoms with Gasteiger partial charge in [-0.25, -0.2) is 22.0 Å². The number of thiophene rings is 1. The molecule has 0 bridgehead atoms. The molecule has 0 unspecified atom stereocenters. The zero-order valence-corrected chi connectivity index (χ0v) is 13.6. The number of sulfonamides is 1. The normalized spacial score (nSPS) is 12.5. The van der Waals surface area contributed by atoms with Crippen LogP contribution in [0.1, 0.15) is 0 Å². The molecule has 1 aromatic carbocycles. The summed E-state index contributed by atoms with van der Waals surface area (Å²) in [6, 6.07) is 9.51. The molecule has 2 rings (SSSR count). The number of nitrogens with two attached hydrogens (primary N) is 1. The van der Waals surface area contributed by atoms with Gasteiger partial charge in [0.25, 0.3) is 0 Å². The van der Waals surface area contributed by atoms with Crippen molar-refractivity contribution in [2.24, 2.45) is 5.14 Å². The predicted octanol–water partition coefficient (Wildman–Crippen LogP) is 1.95. The first kappa shape index (κ1) is 15.5. The van der Waals surface area contributed by atoms with E-state index in [0.29, 0.717) is 0 Å². The lowest BCUT2D eigenvalue weighted by Crippen LogP contribution is -2.09. The standard InChI is InChI=1S/C11H11NO4S4/c1-19(13,14)9-4-2-8(3-5-9)17-10-6-7-11(18-10)20(12,15)16/h2-7H,1H3,(H2,12,15,16). The van der Waals surface area contributed by atoms with Crippen LogP contribution in [0.3, 0.4) is 0 Å². The fourth-order valence-corrected chi connectivity index (χ4v) is 5.00. The lowest BCUT2D eigenvalue weighted by atomic mass is 10.4. The van der Waals surface area contributed by atoms with E-state index in [2.05, 4.69) is 0 Å². The Hall–Kier alpha value is -0.870. The minimum atomic E-state index is -3.67. The van der Waals surface area contributed by atoms with E-state index in [4.69, 9.17) is 5.14 Å². The van der Waals surface area contributed by atoms with E-state index in [1.807, 2.05) is 0 Å². The van der Waals surface area contributed by atoms with E-state index < -0.39 is 19.9 Å². The van der Waals surface area contributed by atoms with E-state index >= 15 is 0 Å². The van der Waals surface area contributed by atoms with Crippen LogP contribution in [0.5, 0.6) is 0 Å². The molecule has 0 amide bonds. The highest BCUT2D eigenvalue weighted by Crippen LogP contribution is 2.35. The second kappa shape index (κ2) is 5.49. The Kier molecular flexibility index (Phi) is 4.26. The Morgan fingerprint density at radius 1 is 1.00 bits per heavy atom. The van der Waals surface area contributed by atoms with Crippen LogP contribution in [-0.2, 0) is 19.9 Å². The van der Waals surface area contributed by atoms with Crippen molar-refractivity contribution >= 4 is 43.0 Å². The molecular weight excluding hydrogens is 338 g/mol. The Bertz CT molecular complexity index is 820. The summed E-state index contributed by atoms with van der Waals surface area (Å²) in [7, 11) is -6.88. The second-order valence-corrected chi connectivity index (χ2v) is 10.2. The molecule has 1 aromatic heterocycles. The van der Waals surface area contributed by atoms with Gasteiger partial charge in [-0.15, -0.1) is 11.3 Å². The van der Waals surface area contributed by atoms with Crippen molar-refractivity contribution < 1.29 is 16.8 Å². The summed E-state index contributed by atoms with van der Waals surface area (Å²) in [6.45, 7) is 0. The third kappa shape index (κ3) is 3.83. The zero-order valence-electron chi connectivity index (χ0n) is 10.3. The van der Waals surface area contributed by atoms with Crippen LogP contribution in [0, 0.1) is 0 Å². The Labute approximate surface area is 125 Å². The van der Waals surface area contributed by atoms with Gasteiger partial charge in [0.2, 0.25) is 10.0 Å². The molecule has 5 nitrogen and oxygen atoms in total. The number of hydrogen-bond donors (Lipinski definition) is 1. The van der Waals surface area contributed by atoms with E-state index in [0.717, 1.165) is 26.7 Å². The molecule has 20 heavy (non-hydrogen) atoms. The van der Waals surface area contributed by atoms with Gasteiger partial charge in [0.15, 0.2) is 9.84 Å². The summed E-state index contributed by atoms with van der Waals surface area (Å²) >= 11 is 2.42. The van der Waals surface area contributed by atoms with Gasteiger partial charge in [0.05, 0.1) is 9.10 Å². The first-order chi connectivity index (χ1) is 9.16. The molecule has 0 spiro atoms. The van der Waals surface area contributed by atoms with Crippen LogP contribution < -0.4 is 5.14 Å². The van der Waals surface area contributed by atoms with E-state index in [9.17, 15) is 16.8 Å². The van der Waals surface area contributed by atoms with Gasteiger partial charge in [-0.3, -0.25) is 0 Å². The molecule has 9 heteroatoms. The summed E-state index contributed by atoms with van der Waals surface area (Å²) in [5, 5.41) is 5.04. The number of hydrogen-bond acceptors (Lipinski definition) is 6. The quantitative estimate of drug-likeness (QED) is 0.910. The Balaban J connectivity index is 2.21. The fraction of sp³-hybridized carbons (Fsp3) is 0.0909. The van der Waals surface area contributed by atoms with Gasteiger partial charge in [-0.2, -0.15) is 0 Å². The predicted molar refractivity (Wildman–Crippen MR) is 79.4 cm³/mol. The third-order valence-corrected chi connectivity index (χ3v) is 7.10. The summed E-state index contributed by atoms with van der Waals surface area (Å²) in [5.74, 6) is 0. The molecule has 0 aliphatic heterocycles. The van der Waals surface area contributed by atoms with Gasteiger partial charge < -0.3 is 0 Å². The fourth-order valence-electron chi connectivity index (χ4n) is 1.38. The number of rotatable bonds is 4. The van der Waals surface area contributed by atoms with Crippen LogP contribution >= 0.6 is 23.1 Å². The highest BCUT2D eigenvalue weighted by molar-refractivity contribution is 8.01. The summed E-state index contributed by atoms with van der Waals surface area (Å²) in [5.41, 5.74) is 0. The van der Waals surface area contributed by atoms with Crippen LogP contribution in [0.25, 0.3) is 0 Å². The summed E-state index contributed by atoms with van der Waals surface area (Å²) in [6.07, 6.45) is 1.15. The van der Waals surface area contributed by atoms with Crippen molar-refractivity contribution in [2.45, 2.75) is 18.2 Å². The summed E-state index contributed by atoms with van der Waals surface area (Å²) < 4.78 is 45.9. The Morgan fingerprint density at radius 3 is 2.05 bits per heavy atom. The molecule has 0 saturated heterocycles. The first-order valence-corrected chi connectivity index (χ1v) is 10.3. The number of benzene rings is 1. The maximum Gasteiger partial charge on any atom is 0.247 e. The van der Waals surface area contributed by atoms with Crippen molar-refractivity contribution in [3.05, 3.63) is 36.4 Å². The first-order valence-electron chi connectivity index (χ1n) is 5.27. The van der Waals surface area contributed by atoms with Crippen LogP contribution in [0.15, 0.2) is 54.6 Å². The molecule has 1 heterocycles. The molecule has 0 fully saturated rings. The van der Waals surface area contributed by atoms with Crippen LogP contribution in [-0.4, -0.2) is 23.1 Å². The highest BCUT2D eigenvalue weighted by Gasteiger charge is 2.12. The molecular formula is C11H11NO4S4. The van der Waals surface area contributed by atoms with Crippen molar-refractivity contribution in [3.8, 4) is 0 Å². The number of primary sulfonamides is 1. The average molecular weight is 349 g/mol. The van der Waals surface area contributed by atoms with Gasteiger partial charge in [-0.1, -0.05) is 11.8 Å². The molecule has 0 aliphatic rings. The minimum absolute atomic E-state index is 0.104. The van der Waals surface area contributed by atoms with Crippen molar-refractivity contribution in [3.63, 3.8) is 0 Å². The van der Waals surface area contributed by atoms with E-state index in [1.54, 1.807) is 18.2 Å². The van der Waals surface area contributed by atoms with Gasteiger partial charge >= 0.3 is 0 Å². The topological polar surface area (TPSA) is 94.3 Å². The second-order valence-electron chi connectivity index (χ2n) is 3.96. The molecule has 108 valence electrons. The molecule has 0 aliphatic carbocycles. The number of sulfone groups is 1. The highest BCUT2D eigenvalue weighted by atomic mass is 32.3. The lowest BCUT2D eigenvalue weighted by molar-refractivity contribution is 0.598.